The number of benzene rings is 1. The Morgan fingerprint density at radius 1 is 1.33 bits per heavy atom. The first kappa shape index (κ1) is 11.3. The molecule has 18 heavy (non-hydrogen) atoms. The Hall–Kier alpha value is -1.84. The van der Waals surface area contributed by atoms with Crippen LogP contribution in [0.1, 0.15) is 41.5 Å². The van der Waals surface area contributed by atoms with Crippen molar-refractivity contribution >= 4 is 5.69 Å². The number of aromatic amines is 1. The van der Waals surface area contributed by atoms with E-state index in [-0.39, 0.29) is 0 Å². The third kappa shape index (κ3) is 2.37. The quantitative estimate of drug-likeness (QED) is 0.809. The zero-order valence-corrected chi connectivity index (χ0v) is 10.6. The molecule has 0 saturated heterocycles. The summed E-state index contributed by atoms with van der Waals surface area (Å²) in [6.07, 6.45) is 4.32. The molecule has 1 aliphatic rings. The highest BCUT2D eigenvalue weighted by molar-refractivity contribution is 5.48. The molecule has 2 aromatic rings. The van der Waals surface area contributed by atoms with Crippen molar-refractivity contribution in [2.45, 2.75) is 38.5 Å². The number of aromatic nitrogens is 3. The summed E-state index contributed by atoms with van der Waals surface area (Å²) in [5, 5.41) is 7.29. The molecular weight excluding hydrogens is 224 g/mol. The van der Waals surface area contributed by atoms with Crippen molar-refractivity contribution in [2.75, 3.05) is 5.73 Å². The Morgan fingerprint density at radius 2 is 2.17 bits per heavy atom. The Bertz CT molecular complexity index is 555. The fourth-order valence-corrected chi connectivity index (χ4v) is 2.05. The van der Waals surface area contributed by atoms with Crippen LogP contribution in [-0.4, -0.2) is 15.2 Å². The minimum absolute atomic E-state index is 0.616. The van der Waals surface area contributed by atoms with E-state index in [9.17, 15) is 0 Å². The largest absolute Gasteiger partial charge is 0.399 e. The van der Waals surface area contributed by atoms with Gasteiger partial charge in [-0.2, -0.15) is 5.10 Å². The number of anilines is 1. The van der Waals surface area contributed by atoms with Crippen LogP contribution >= 0.6 is 0 Å². The molecule has 1 aliphatic carbocycles. The number of rotatable bonds is 4. The molecule has 3 N–H and O–H groups in total. The summed E-state index contributed by atoms with van der Waals surface area (Å²) in [5.74, 6) is 2.59. The summed E-state index contributed by atoms with van der Waals surface area (Å²) >= 11 is 0. The van der Waals surface area contributed by atoms with Crippen LogP contribution in [0.4, 0.5) is 5.69 Å². The SMILES string of the molecule is Cc1ccc(CCc2nc(C3CC3)n[nH]2)cc1N. The van der Waals surface area contributed by atoms with Crippen LogP contribution in [0.5, 0.6) is 0 Å². The number of hydrogen-bond acceptors (Lipinski definition) is 3. The van der Waals surface area contributed by atoms with Crippen LogP contribution in [0.25, 0.3) is 0 Å². The minimum atomic E-state index is 0.616. The van der Waals surface area contributed by atoms with Crippen molar-refractivity contribution in [2.24, 2.45) is 0 Å². The molecule has 0 radical (unpaired) electrons. The van der Waals surface area contributed by atoms with Gasteiger partial charge < -0.3 is 5.73 Å². The van der Waals surface area contributed by atoms with Crippen molar-refractivity contribution in [1.82, 2.24) is 15.2 Å². The smallest absolute Gasteiger partial charge is 0.153 e. The molecule has 94 valence electrons. The second kappa shape index (κ2) is 4.44. The molecule has 3 rings (SSSR count). The Morgan fingerprint density at radius 3 is 2.89 bits per heavy atom. The number of hydrogen-bond donors (Lipinski definition) is 2. The van der Waals surface area contributed by atoms with Gasteiger partial charge in [-0.1, -0.05) is 12.1 Å². The molecule has 0 bridgehead atoms. The number of nitrogen functional groups attached to an aromatic ring is 1. The van der Waals surface area contributed by atoms with Crippen LogP contribution < -0.4 is 5.73 Å². The molecule has 1 saturated carbocycles. The van der Waals surface area contributed by atoms with Crippen molar-refractivity contribution in [3.63, 3.8) is 0 Å². The standard InChI is InChI=1S/C14H18N4/c1-9-2-3-10(8-12(9)15)4-7-13-16-14(18-17-13)11-5-6-11/h2-3,8,11H,4-7,15H2,1H3,(H,16,17,18). The summed E-state index contributed by atoms with van der Waals surface area (Å²) < 4.78 is 0. The van der Waals surface area contributed by atoms with E-state index < -0.39 is 0 Å². The molecule has 4 heteroatoms. The summed E-state index contributed by atoms with van der Waals surface area (Å²) in [6, 6.07) is 6.25. The summed E-state index contributed by atoms with van der Waals surface area (Å²) in [6.45, 7) is 2.03. The zero-order chi connectivity index (χ0) is 12.5. The van der Waals surface area contributed by atoms with Gasteiger partial charge in [0.1, 0.15) is 5.82 Å². The molecule has 1 aromatic carbocycles. The first-order valence-corrected chi connectivity index (χ1v) is 6.48. The van der Waals surface area contributed by atoms with E-state index in [1.54, 1.807) is 0 Å². The lowest BCUT2D eigenvalue weighted by Crippen LogP contribution is -1.96. The average molecular weight is 242 g/mol. The summed E-state index contributed by atoms with van der Waals surface area (Å²) in [7, 11) is 0. The maximum absolute atomic E-state index is 5.91. The van der Waals surface area contributed by atoms with E-state index in [4.69, 9.17) is 5.73 Å². The first-order valence-electron chi connectivity index (χ1n) is 6.48. The predicted molar refractivity (Wildman–Crippen MR) is 71.4 cm³/mol. The molecule has 1 aromatic heterocycles. The lowest BCUT2D eigenvalue weighted by molar-refractivity contribution is 0.865. The van der Waals surface area contributed by atoms with Gasteiger partial charge in [0.15, 0.2) is 5.82 Å². The van der Waals surface area contributed by atoms with Crippen LogP contribution in [0.3, 0.4) is 0 Å². The minimum Gasteiger partial charge on any atom is -0.399 e. The van der Waals surface area contributed by atoms with Gasteiger partial charge in [-0.15, -0.1) is 0 Å². The van der Waals surface area contributed by atoms with E-state index in [1.165, 1.54) is 18.4 Å². The van der Waals surface area contributed by atoms with Crippen molar-refractivity contribution in [3.8, 4) is 0 Å². The van der Waals surface area contributed by atoms with Crippen LogP contribution in [0.2, 0.25) is 0 Å². The monoisotopic (exact) mass is 242 g/mol. The molecule has 1 heterocycles. The van der Waals surface area contributed by atoms with E-state index in [2.05, 4.69) is 27.3 Å². The van der Waals surface area contributed by atoms with Crippen LogP contribution in [0, 0.1) is 6.92 Å². The molecule has 0 unspecified atom stereocenters. The number of nitrogens with one attached hydrogen (secondary N) is 1. The maximum atomic E-state index is 5.91. The predicted octanol–water partition coefficient (Wildman–Crippen LogP) is 2.36. The molecule has 0 amide bonds. The molecule has 1 fully saturated rings. The highest BCUT2D eigenvalue weighted by Crippen LogP contribution is 2.37. The van der Waals surface area contributed by atoms with Crippen molar-refractivity contribution in [1.29, 1.82) is 0 Å². The molecular formula is C14H18N4. The Labute approximate surface area is 107 Å². The zero-order valence-electron chi connectivity index (χ0n) is 10.6. The van der Waals surface area contributed by atoms with Gasteiger partial charge in [-0.05, 0) is 43.4 Å². The van der Waals surface area contributed by atoms with Crippen molar-refractivity contribution in [3.05, 3.63) is 41.0 Å². The van der Waals surface area contributed by atoms with E-state index in [0.29, 0.717) is 5.92 Å². The highest BCUT2D eigenvalue weighted by Gasteiger charge is 2.27. The van der Waals surface area contributed by atoms with Gasteiger partial charge >= 0.3 is 0 Å². The van der Waals surface area contributed by atoms with Gasteiger partial charge in [0.2, 0.25) is 0 Å². The third-order valence-corrected chi connectivity index (χ3v) is 3.49. The molecule has 0 spiro atoms. The Kier molecular flexibility index (Phi) is 2.78. The molecule has 0 atom stereocenters. The Balaban J connectivity index is 1.63. The van der Waals surface area contributed by atoms with E-state index in [1.807, 2.05) is 13.0 Å². The maximum Gasteiger partial charge on any atom is 0.153 e. The van der Waals surface area contributed by atoms with Gasteiger partial charge in [0.25, 0.3) is 0 Å². The molecule has 0 aliphatic heterocycles. The van der Waals surface area contributed by atoms with E-state index in [0.717, 1.165) is 35.7 Å². The van der Waals surface area contributed by atoms with Crippen LogP contribution in [-0.2, 0) is 12.8 Å². The fourth-order valence-electron chi connectivity index (χ4n) is 2.05. The first-order chi connectivity index (χ1) is 8.72. The van der Waals surface area contributed by atoms with Gasteiger partial charge in [0.05, 0.1) is 0 Å². The van der Waals surface area contributed by atoms with Gasteiger partial charge in [-0.3, -0.25) is 5.10 Å². The third-order valence-electron chi connectivity index (χ3n) is 3.49. The average Bonchev–Trinajstić information content (AvgIpc) is 3.11. The second-order valence-corrected chi connectivity index (χ2v) is 5.11. The lowest BCUT2D eigenvalue weighted by atomic mass is 10.1. The molecule has 4 nitrogen and oxygen atoms in total. The summed E-state index contributed by atoms with van der Waals surface area (Å²) in [5.41, 5.74) is 9.16. The number of H-pyrrole nitrogens is 1. The topological polar surface area (TPSA) is 67.6 Å². The lowest BCUT2D eigenvalue weighted by Gasteiger charge is -2.03. The number of aryl methyl sites for hydroxylation is 3. The van der Waals surface area contributed by atoms with Crippen molar-refractivity contribution < 1.29 is 0 Å². The summed E-state index contributed by atoms with van der Waals surface area (Å²) in [4.78, 5) is 4.53. The fraction of sp³-hybridized carbons (Fsp3) is 0.429. The van der Waals surface area contributed by atoms with Crippen LogP contribution in [0.15, 0.2) is 18.2 Å². The number of nitrogens with zero attached hydrogens (tertiary/aromatic N) is 2. The second-order valence-electron chi connectivity index (χ2n) is 5.11. The number of nitrogens with two attached hydrogens (primary N) is 1. The van der Waals surface area contributed by atoms with E-state index >= 15 is 0 Å². The normalized spacial score (nSPS) is 14.9. The van der Waals surface area contributed by atoms with Gasteiger partial charge in [-0.25, -0.2) is 4.98 Å². The van der Waals surface area contributed by atoms with Gasteiger partial charge in [0, 0.05) is 18.0 Å². The highest BCUT2D eigenvalue weighted by atomic mass is 15.2.